The van der Waals surface area contributed by atoms with Crippen molar-refractivity contribution >= 4 is 0 Å². The van der Waals surface area contributed by atoms with Gasteiger partial charge in [-0.15, -0.1) is 0 Å². The van der Waals surface area contributed by atoms with Crippen LogP contribution < -0.4 is 0 Å². The Labute approximate surface area is 114 Å². The predicted octanol–water partition coefficient (Wildman–Crippen LogP) is 7.33. The van der Waals surface area contributed by atoms with Crippen LogP contribution in [0.4, 0.5) is 0 Å². The first-order chi connectivity index (χ1) is 8.08. The third kappa shape index (κ3) is 49.0. The zero-order valence-electron chi connectivity index (χ0n) is 14.7. The minimum Gasteiger partial charge on any atom is -0.0683 e. The zero-order valence-corrected chi connectivity index (χ0v) is 14.7. The van der Waals surface area contributed by atoms with Crippen molar-refractivity contribution in [1.29, 1.82) is 0 Å². The Morgan fingerprint density at radius 2 is 1.06 bits per heavy atom. The van der Waals surface area contributed by atoms with E-state index in [0.29, 0.717) is 0 Å². The summed E-state index contributed by atoms with van der Waals surface area (Å²) in [6.07, 6.45) is 6.85. The van der Waals surface area contributed by atoms with E-state index < -0.39 is 0 Å². The van der Waals surface area contributed by atoms with Gasteiger partial charge in [0.2, 0.25) is 0 Å². The molecule has 1 unspecified atom stereocenters. The van der Waals surface area contributed by atoms with Gasteiger partial charge in [0.25, 0.3) is 0 Å². The molecule has 0 aromatic carbocycles. The topological polar surface area (TPSA) is 0 Å². The summed E-state index contributed by atoms with van der Waals surface area (Å²) < 4.78 is 0. The van der Waals surface area contributed by atoms with Crippen LogP contribution in [0.5, 0.6) is 0 Å². The fraction of sp³-hybridized carbons (Fsp3) is 1.00. The first-order valence-electron chi connectivity index (χ1n) is 8.08. The van der Waals surface area contributed by atoms with E-state index in [1.807, 2.05) is 27.7 Å². The molecule has 1 atom stereocenters. The van der Waals surface area contributed by atoms with Gasteiger partial charge < -0.3 is 0 Å². The fourth-order valence-electron chi connectivity index (χ4n) is 1.08. The molecule has 0 N–H and O–H groups in total. The third-order valence-corrected chi connectivity index (χ3v) is 2.18. The Morgan fingerprint density at radius 1 is 0.706 bits per heavy atom. The van der Waals surface area contributed by atoms with Gasteiger partial charge in [-0.05, 0) is 11.8 Å². The summed E-state index contributed by atoms with van der Waals surface area (Å²) in [5, 5.41) is 0. The lowest BCUT2D eigenvalue weighted by molar-refractivity contribution is 0.449. The predicted molar refractivity (Wildman–Crippen MR) is 86.8 cm³/mol. The second kappa shape index (κ2) is 29.8. The summed E-state index contributed by atoms with van der Waals surface area (Å²) in [5.74, 6) is 1.84. The molecule has 0 aliphatic carbocycles. The van der Waals surface area contributed by atoms with Gasteiger partial charge in [-0.25, -0.2) is 0 Å². The lowest BCUT2D eigenvalue weighted by Gasteiger charge is -2.08. The van der Waals surface area contributed by atoms with Crippen LogP contribution >= 0.6 is 0 Å². The molecule has 0 saturated carbocycles. The molecule has 0 aromatic heterocycles. The summed E-state index contributed by atoms with van der Waals surface area (Å²) in [5.41, 5.74) is 0. The second-order valence-electron chi connectivity index (χ2n) is 4.55. The van der Waals surface area contributed by atoms with Gasteiger partial charge in [-0.2, -0.15) is 0 Å². The summed E-state index contributed by atoms with van der Waals surface area (Å²) in [6.45, 7) is 21.5. The van der Waals surface area contributed by atoms with Gasteiger partial charge in [0.1, 0.15) is 0 Å². The van der Waals surface area contributed by atoms with Crippen LogP contribution in [0.2, 0.25) is 0 Å². The summed E-state index contributed by atoms with van der Waals surface area (Å²) in [7, 11) is 0. The molecule has 0 bridgehead atoms. The highest BCUT2D eigenvalue weighted by molar-refractivity contribution is 4.52. The van der Waals surface area contributed by atoms with Crippen molar-refractivity contribution in [2.24, 2.45) is 11.8 Å². The Bertz CT molecular complexity index is 74.1. The van der Waals surface area contributed by atoms with Crippen LogP contribution in [-0.2, 0) is 0 Å². The van der Waals surface area contributed by atoms with E-state index in [0.717, 1.165) is 11.8 Å². The molecule has 110 valence electrons. The molecule has 0 nitrogen and oxygen atoms in total. The molecule has 0 saturated heterocycles. The molecule has 0 aliphatic heterocycles. The number of hydrogen-bond donors (Lipinski definition) is 0. The Morgan fingerprint density at radius 3 is 1.29 bits per heavy atom. The molecule has 17 heavy (non-hydrogen) atoms. The van der Waals surface area contributed by atoms with E-state index in [4.69, 9.17) is 0 Å². The molecule has 0 radical (unpaired) electrons. The molecule has 0 rings (SSSR count). The van der Waals surface area contributed by atoms with Crippen molar-refractivity contribution in [1.82, 2.24) is 0 Å². The maximum absolute atomic E-state index is 2.35. The van der Waals surface area contributed by atoms with Crippen molar-refractivity contribution in [2.45, 2.75) is 101 Å². The van der Waals surface area contributed by atoms with Gasteiger partial charge in [-0.3, -0.25) is 0 Å². The van der Waals surface area contributed by atoms with Crippen LogP contribution in [-0.4, -0.2) is 0 Å². The Balaban J connectivity index is -0.000000102. The van der Waals surface area contributed by atoms with Crippen molar-refractivity contribution < 1.29 is 0 Å². The first-order valence-corrected chi connectivity index (χ1v) is 8.08. The number of rotatable bonds is 5. The van der Waals surface area contributed by atoms with Gasteiger partial charge in [0, 0.05) is 0 Å². The molecular formula is C17H42. The third-order valence-electron chi connectivity index (χ3n) is 2.18. The van der Waals surface area contributed by atoms with E-state index in [-0.39, 0.29) is 0 Å². The van der Waals surface area contributed by atoms with Crippen molar-refractivity contribution in [3.63, 3.8) is 0 Å². The van der Waals surface area contributed by atoms with Crippen LogP contribution in [0.1, 0.15) is 101 Å². The second-order valence-corrected chi connectivity index (χ2v) is 4.55. The molecule has 0 heteroatoms. The lowest BCUT2D eigenvalue weighted by atomic mass is 9.98. The Kier molecular flexibility index (Phi) is 45.1. The monoisotopic (exact) mass is 246 g/mol. The standard InChI is InChI=1S/C10H22.C3H8.2C2H6/c1-5-10(4)8-6-7-9(2)3;1-3-2;2*1-2/h9-10H,5-8H2,1-4H3;3H2,1-2H3;2*1-2H3. The normalized spacial score (nSPS) is 10.1. The summed E-state index contributed by atoms with van der Waals surface area (Å²) in [6, 6.07) is 0. The van der Waals surface area contributed by atoms with Crippen LogP contribution in [0.15, 0.2) is 0 Å². The van der Waals surface area contributed by atoms with E-state index in [1.54, 1.807) is 0 Å². The minimum atomic E-state index is 0.893. The quantitative estimate of drug-likeness (QED) is 0.476. The van der Waals surface area contributed by atoms with Crippen LogP contribution in [0, 0.1) is 11.8 Å². The SMILES string of the molecule is CC.CC.CCC.CCC(C)CCCC(C)C. The highest BCUT2D eigenvalue weighted by Gasteiger charge is 1.99. The molecular weight excluding hydrogens is 204 g/mol. The molecule has 0 heterocycles. The summed E-state index contributed by atoms with van der Waals surface area (Å²) >= 11 is 0. The van der Waals surface area contributed by atoms with Crippen LogP contribution in [0.3, 0.4) is 0 Å². The number of hydrogen-bond acceptors (Lipinski definition) is 0. The van der Waals surface area contributed by atoms with Crippen LogP contribution in [0.25, 0.3) is 0 Å². The highest BCUT2D eigenvalue weighted by atomic mass is 14.0. The zero-order chi connectivity index (χ0) is 14.7. The molecule has 0 fully saturated rings. The highest BCUT2D eigenvalue weighted by Crippen LogP contribution is 2.14. The van der Waals surface area contributed by atoms with Gasteiger partial charge in [0.15, 0.2) is 0 Å². The van der Waals surface area contributed by atoms with E-state index in [9.17, 15) is 0 Å². The maximum Gasteiger partial charge on any atom is -0.0445 e. The first kappa shape index (κ1) is 25.8. The maximum atomic E-state index is 2.35. The Hall–Kier alpha value is 0. The van der Waals surface area contributed by atoms with E-state index in [2.05, 4.69) is 41.5 Å². The largest absolute Gasteiger partial charge is 0.0683 e. The van der Waals surface area contributed by atoms with Crippen molar-refractivity contribution in [3.8, 4) is 0 Å². The average Bonchev–Trinajstić information content (AvgIpc) is 2.34. The van der Waals surface area contributed by atoms with E-state index in [1.165, 1.54) is 32.1 Å². The molecule has 0 aromatic rings. The lowest BCUT2D eigenvalue weighted by Crippen LogP contribution is -1.94. The average molecular weight is 247 g/mol. The fourth-order valence-corrected chi connectivity index (χ4v) is 1.08. The van der Waals surface area contributed by atoms with Crippen molar-refractivity contribution in [3.05, 3.63) is 0 Å². The molecule has 0 aliphatic rings. The van der Waals surface area contributed by atoms with Gasteiger partial charge in [0.05, 0.1) is 0 Å². The minimum absolute atomic E-state index is 0.893. The van der Waals surface area contributed by atoms with Gasteiger partial charge in [-0.1, -0.05) is 101 Å². The van der Waals surface area contributed by atoms with Gasteiger partial charge >= 0.3 is 0 Å². The van der Waals surface area contributed by atoms with E-state index >= 15 is 0 Å². The summed E-state index contributed by atoms with van der Waals surface area (Å²) in [4.78, 5) is 0. The smallest absolute Gasteiger partial charge is 0.0445 e. The van der Waals surface area contributed by atoms with Crippen molar-refractivity contribution in [2.75, 3.05) is 0 Å². The molecule has 0 amide bonds. The molecule has 0 spiro atoms.